The molecule has 0 saturated carbocycles. The van der Waals surface area contributed by atoms with E-state index < -0.39 is 0 Å². The molecule has 0 aliphatic heterocycles. The predicted molar refractivity (Wildman–Crippen MR) is 103 cm³/mol. The highest BCUT2D eigenvalue weighted by Gasteiger charge is 2.05. The minimum absolute atomic E-state index is 0.791. The number of hydrogen-bond acceptors (Lipinski definition) is 2. The highest BCUT2D eigenvalue weighted by atomic mass is 32.2. The zero-order valence-electron chi connectivity index (χ0n) is 15.3. The zero-order chi connectivity index (χ0) is 16.5. The number of hydrogen-bond donors (Lipinski definition) is 0. The van der Waals surface area contributed by atoms with Gasteiger partial charge < -0.3 is 0 Å². The van der Waals surface area contributed by atoms with Crippen LogP contribution in [0.4, 0.5) is 0 Å². The van der Waals surface area contributed by atoms with E-state index in [1.807, 2.05) is 11.8 Å². The summed E-state index contributed by atoms with van der Waals surface area (Å²) in [6, 6.07) is 9.10. The molecule has 0 bridgehead atoms. The Morgan fingerprint density at radius 1 is 1.05 bits per heavy atom. The summed E-state index contributed by atoms with van der Waals surface area (Å²) in [6.07, 6.45) is 1.29. The molecule has 0 aromatic heterocycles. The minimum atomic E-state index is 0.791. The average Bonchev–Trinajstić information content (AvgIpc) is 2.52. The second-order valence-electron chi connectivity index (χ2n) is 6.42. The number of nitrogens with zero attached hydrogens (tertiary/aromatic N) is 1. The maximum absolute atomic E-state index is 2.47. The fourth-order valence-electron chi connectivity index (χ4n) is 2.36. The van der Waals surface area contributed by atoms with Crippen LogP contribution in [0.2, 0.25) is 0 Å². The fraction of sp³-hybridized carbons (Fsp3) is 0.600. The van der Waals surface area contributed by atoms with E-state index in [9.17, 15) is 0 Å². The van der Waals surface area contributed by atoms with Crippen LogP contribution in [0.3, 0.4) is 0 Å². The normalized spacial score (nSPS) is 12.9. The van der Waals surface area contributed by atoms with Crippen LogP contribution in [0.15, 0.2) is 34.7 Å². The molecule has 1 aromatic rings. The first-order chi connectivity index (χ1) is 10.5. The van der Waals surface area contributed by atoms with E-state index >= 15 is 0 Å². The lowest BCUT2D eigenvalue weighted by Gasteiger charge is -2.20. The van der Waals surface area contributed by atoms with Crippen molar-refractivity contribution in [3.8, 4) is 0 Å². The van der Waals surface area contributed by atoms with Gasteiger partial charge in [-0.3, -0.25) is 4.90 Å². The predicted octanol–water partition coefficient (Wildman–Crippen LogP) is 5.96. The van der Waals surface area contributed by atoms with Crippen LogP contribution in [-0.4, -0.2) is 30.3 Å². The minimum Gasteiger partial charge on any atom is -0.300 e. The molecule has 0 atom stereocenters. The third-order valence-corrected chi connectivity index (χ3v) is 5.29. The molecule has 0 aliphatic carbocycles. The zero-order valence-corrected chi connectivity index (χ0v) is 16.1. The Morgan fingerprint density at radius 3 is 2.14 bits per heavy atom. The van der Waals surface area contributed by atoms with Crippen molar-refractivity contribution in [2.75, 3.05) is 25.4 Å². The van der Waals surface area contributed by atoms with Crippen LogP contribution in [0.1, 0.15) is 53.5 Å². The van der Waals surface area contributed by atoms with E-state index in [0.29, 0.717) is 0 Å². The Morgan fingerprint density at radius 2 is 1.64 bits per heavy atom. The maximum atomic E-state index is 2.47. The maximum Gasteiger partial charge on any atom is 0.0195 e. The van der Waals surface area contributed by atoms with Gasteiger partial charge in [-0.05, 0) is 68.3 Å². The molecule has 124 valence electrons. The Hall–Kier alpha value is -0.730. The summed E-state index contributed by atoms with van der Waals surface area (Å²) >= 11 is 1.97. The second-order valence-corrected chi connectivity index (χ2v) is 7.59. The lowest BCUT2D eigenvalue weighted by Crippen LogP contribution is -2.24. The lowest BCUT2D eigenvalue weighted by atomic mass is 10.0. The van der Waals surface area contributed by atoms with Gasteiger partial charge in [-0.2, -0.15) is 0 Å². The van der Waals surface area contributed by atoms with E-state index in [1.54, 1.807) is 0 Å². The van der Waals surface area contributed by atoms with Crippen molar-refractivity contribution in [3.63, 3.8) is 0 Å². The van der Waals surface area contributed by atoms with Gasteiger partial charge in [0.05, 0.1) is 0 Å². The van der Waals surface area contributed by atoms with E-state index in [1.165, 1.54) is 33.8 Å². The first-order valence-corrected chi connectivity index (χ1v) is 9.58. The van der Waals surface area contributed by atoms with Crippen molar-refractivity contribution in [1.82, 2.24) is 4.90 Å². The summed E-state index contributed by atoms with van der Waals surface area (Å²) in [7, 11) is 0. The molecule has 0 radical (unpaired) electrons. The molecule has 22 heavy (non-hydrogen) atoms. The van der Waals surface area contributed by atoms with Crippen molar-refractivity contribution in [3.05, 3.63) is 35.4 Å². The molecule has 0 heterocycles. The standard InChI is InChI=1S/C20H33NS/c1-7-21(8-2)15-17(5)18(6)19-9-11-20(12-10-19)22-14-13-16(3)4/h9-12,16H,7-8,13-15H2,1-6H3. The first kappa shape index (κ1) is 19.3. The van der Waals surface area contributed by atoms with Gasteiger partial charge in [0.15, 0.2) is 0 Å². The summed E-state index contributed by atoms with van der Waals surface area (Å²) < 4.78 is 0. The molecular formula is C20H33NS. The smallest absolute Gasteiger partial charge is 0.0195 e. The molecule has 0 N–H and O–H groups in total. The van der Waals surface area contributed by atoms with Crippen LogP contribution in [-0.2, 0) is 0 Å². The number of allylic oxidation sites excluding steroid dienone is 1. The van der Waals surface area contributed by atoms with E-state index in [4.69, 9.17) is 0 Å². The molecule has 1 aromatic carbocycles. The molecule has 2 heteroatoms. The molecule has 0 spiro atoms. The summed E-state index contributed by atoms with van der Waals surface area (Å²) in [6.45, 7) is 16.9. The van der Waals surface area contributed by atoms with Crippen molar-refractivity contribution >= 4 is 17.3 Å². The quantitative estimate of drug-likeness (QED) is 0.517. The largest absolute Gasteiger partial charge is 0.300 e. The topological polar surface area (TPSA) is 3.24 Å². The van der Waals surface area contributed by atoms with Crippen LogP contribution in [0, 0.1) is 5.92 Å². The van der Waals surface area contributed by atoms with E-state index in [0.717, 1.165) is 25.6 Å². The fourth-order valence-corrected chi connectivity index (χ4v) is 3.51. The molecule has 1 rings (SSSR count). The molecule has 0 amide bonds. The summed E-state index contributed by atoms with van der Waals surface area (Å²) in [4.78, 5) is 3.85. The van der Waals surface area contributed by atoms with Gasteiger partial charge in [-0.25, -0.2) is 0 Å². The molecule has 0 saturated heterocycles. The Labute approximate surface area is 142 Å². The molecule has 0 fully saturated rings. The van der Waals surface area contributed by atoms with Gasteiger partial charge in [-0.15, -0.1) is 11.8 Å². The third-order valence-electron chi connectivity index (χ3n) is 4.25. The van der Waals surface area contributed by atoms with Crippen LogP contribution in [0.25, 0.3) is 5.57 Å². The summed E-state index contributed by atoms with van der Waals surface area (Å²) in [5, 5.41) is 0. The molecule has 0 aliphatic rings. The number of thioether (sulfide) groups is 1. The van der Waals surface area contributed by atoms with Gasteiger partial charge in [0, 0.05) is 11.4 Å². The van der Waals surface area contributed by atoms with Crippen molar-refractivity contribution in [1.29, 1.82) is 0 Å². The van der Waals surface area contributed by atoms with Crippen molar-refractivity contribution in [2.45, 2.75) is 52.9 Å². The Balaban J connectivity index is 2.68. The van der Waals surface area contributed by atoms with Gasteiger partial charge in [0.25, 0.3) is 0 Å². The van der Waals surface area contributed by atoms with Crippen LogP contribution in [0.5, 0.6) is 0 Å². The van der Waals surface area contributed by atoms with E-state index in [-0.39, 0.29) is 0 Å². The highest BCUT2D eigenvalue weighted by molar-refractivity contribution is 7.99. The first-order valence-electron chi connectivity index (χ1n) is 8.59. The average molecular weight is 320 g/mol. The van der Waals surface area contributed by atoms with Gasteiger partial charge in [0.1, 0.15) is 0 Å². The number of benzene rings is 1. The SMILES string of the molecule is CCN(CC)CC(C)=C(C)c1ccc(SCCC(C)C)cc1. The molecule has 0 unspecified atom stereocenters. The van der Waals surface area contributed by atoms with Crippen LogP contribution >= 0.6 is 11.8 Å². The summed E-state index contributed by atoms with van der Waals surface area (Å²) in [5.74, 6) is 2.01. The van der Waals surface area contributed by atoms with Crippen LogP contribution < -0.4 is 0 Å². The van der Waals surface area contributed by atoms with E-state index in [2.05, 4.69) is 70.7 Å². The number of likely N-dealkylation sites (N-methyl/N-ethyl adjacent to an activating group) is 1. The summed E-state index contributed by atoms with van der Waals surface area (Å²) in [5.41, 5.74) is 4.26. The third kappa shape index (κ3) is 6.58. The monoisotopic (exact) mass is 319 g/mol. The van der Waals surface area contributed by atoms with Gasteiger partial charge >= 0.3 is 0 Å². The Bertz CT molecular complexity index is 455. The second kappa shape index (κ2) is 10.1. The highest BCUT2D eigenvalue weighted by Crippen LogP contribution is 2.24. The van der Waals surface area contributed by atoms with Gasteiger partial charge in [0.2, 0.25) is 0 Å². The van der Waals surface area contributed by atoms with Crippen molar-refractivity contribution < 1.29 is 0 Å². The molecular weight excluding hydrogens is 286 g/mol. The lowest BCUT2D eigenvalue weighted by molar-refractivity contribution is 0.330. The van der Waals surface area contributed by atoms with Crippen molar-refractivity contribution in [2.24, 2.45) is 5.92 Å². The van der Waals surface area contributed by atoms with Gasteiger partial charge in [-0.1, -0.05) is 45.4 Å². The molecule has 1 nitrogen and oxygen atoms in total. The number of rotatable bonds is 9. The Kier molecular flexibility index (Phi) is 8.89.